The van der Waals surface area contributed by atoms with Crippen molar-refractivity contribution in [1.82, 2.24) is 0 Å². The van der Waals surface area contributed by atoms with Crippen molar-refractivity contribution in [2.24, 2.45) is 0 Å². The van der Waals surface area contributed by atoms with Gasteiger partial charge in [0.1, 0.15) is 0 Å². The van der Waals surface area contributed by atoms with Crippen LogP contribution in [0, 0.1) is 6.42 Å². The minimum absolute atomic E-state index is 0.848. The van der Waals surface area contributed by atoms with Gasteiger partial charge in [0.2, 0.25) is 0 Å². The van der Waals surface area contributed by atoms with Gasteiger partial charge in [-0.05, 0) is 33.1 Å². The molecule has 0 N–H and O–H groups in total. The van der Waals surface area contributed by atoms with Crippen molar-refractivity contribution in [2.75, 3.05) is 26.4 Å². The van der Waals surface area contributed by atoms with E-state index in [9.17, 15) is 0 Å². The van der Waals surface area contributed by atoms with E-state index in [1.54, 1.807) is 0 Å². The second kappa shape index (κ2) is 13.9. The van der Waals surface area contributed by atoms with Crippen LogP contribution in [0.15, 0.2) is 0 Å². The zero-order chi connectivity index (χ0) is 11.2. The Kier molecular flexibility index (Phi) is 13.8. The van der Waals surface area contributed by atoms with Gasteiger partial charge in [-0.15, -0.1) is 0 Å². The van der Waals surface area contributed by atoms with Crippen molar-refractivity contribution < 1.29 is 9.47 Å². The first kappa shape index (κ1) is 14.9. The number of hydrogen-bond acceptors (Lipinski definition) is 2. The maximum Gasteiger partial charge on any atom is 0.0465 e. The Labute approximate surface area is 95.3 Å². The third-order valence-corrected chi connectivity index (χ3v) is 2.30. The van der Waals surface area contributed by atoms with Gasteiger partial charge in [-0.1, -0.05) is 25.7 Å². The van der Waals surface area contributed by atoms with Crippen LogP contribution in [-0.2, 0) is 9.47 Å². The molecule has 0 fully saturated rings. The smallest absolute Gasteiger partial charge is 0.0465 e. The molecule has 91 valence electrons. The summed E-state index contributed by atoms with van der Waals surface area (Å²) >= 11 is 0. The quantitative estimate of drug-likeness (QED) is 0.463. The molecule has 15 heavy (non-hydrogen) atoms. The molecule has 2 heteroatoms. The number of hydrogen-bond donors (Lipinski definition) is 0. The van der Waals surface area contributed by atoms with Gasteiger partial charge in [0, 0.05) is 26.4 Å². The van der Waals surface area contributed by atoms with Crippen LogP contribution >= 0.6 is 0 Å². The van der Waals surface area contributed by atoms with Gasteiger partial charge in [-0.25, -0.2) is 0 Å². The Morgan fingerprint density at radius 1 is 0.733 bits per heavy atom. The van der Waals surface area contributed by atoms with Crippen molar-refractivity contribution in [1.29, 1.82) is 0 Å². The maximum absolute atomic E-state index is 5.28. The lowest BCUT2D eigenvalue weighted by Gasteiger charge is -2.02. The average molecular weight is 215 g/mol. The molecule has 0 aliphatic rings. The lowest BCUT2D eigenvalue weighted by molar-refractivity contribution is 0.142. The molecule has 0 spiro atoms. The predicted octanol–water partition coefficient (Wildman–Crippen LogP) is 3.60. The molecule has 0 atom stereocenters. The first-order valence-electron chi connectivity index (χ1n) is 6.39. The third kappa shape index (κ3) is 13.9. The van der Waals surface area contributed by atoms with E-state index in [0.717, 1.165) is 26.4 Å². The van der Waals surface area contributed by atoms with Gasteiger partial charge in [0.25, 0.3) is 0 Å². The van der Waals surface area contributed by atoms with Gasteiger partial charge in [0.05, 0.1) is 0 Å². The SMILES string of the molecule is CCOCCCC[CH]CCCCOCC. The third-order valence-electron chi connectivity index (χ3n) is 2.30. The first-order valence-corrected chi connectivity index (χ1v) is 6.39. The summed E-state index contributed by atoms with van der Waals surface area (Å²) < 4.78 is 10.6. The summed E-state index contributed by atoms with van der Waals surface area (Å²) in [6.07, 6.45) is 9.81. The predicted molar refractivity (Wildman–Crippen MR) is 65.0 cm³/mol. The maximum atomic E-state index is 5.28. The number of ether oxygens (including phenoxy) is 2. The second-order valence-electron chi connectivity index (χ2n) is 3.67. The summed E-state index contributed by atoms with van der Waals surface area (Å²) in [5, 5.41) is 0. The standard InChI is InChI=1S/C13H27O2/c1-3-14-12-10-8-6-5-7-9-11-13-15-4-2/h5H,3-4,6-13H2,1-2H3. The summed E-state index contributed by atoms with van der Waals surface area (Å²) in [5.41, 5.74) is 0. The van der Waals surface area contributed by atoms with E-state index in [-0.39, 0.29) is 0 Å². The molecule has 0 aliphatic heterocycles. The summed E-state index contributed by atoms with van der Waals surface area (Å²) in [6, 6.07) is 0. The number of unbranched alkanes of at least 4 members (excludes halogenated alkanes) is 6. The lowest BCUT2D eigenvalue weighted by atomic mass is 10.1. The van der Waals surface area contributed by atoms with Crippen molar-refractivity contribution in [2.45, 2.75) is 52.4 Å². The average Bonchev–Trinajstić information content (AvgIpc) is 2.26. The molecule has 0 aromatic carbocycles. The molecule has 0 aromatic heterocycles. The molecule has 0 aromatic rings. The van der Waals surface area contributed by atoms with Crippen molar-refractivity contribution in [3.8, 4) is 0 Å². The van der Waals surface area contributed by atoms with Crippen LogP contribution in [0.2, 0.25) is 0 Å². The molecular formula is C13H27O2. The Morgan fingerprint density at radius 3 is 1.60 bits per heavy atom. The molecule has 0 heterocycles. The second-order valence-corrected chi connectivity index (χ2v) is 3.67. The van der Waals surface area contributed by atoms with E-state index >= 15 is 0 Å². The minimum atomic E-state index is 0.848. The van der Waals surface area contributed by atoms with Crippen LogP contribution in [0.5, 0.6) is 0 Å². The van der Waals surface area contributed by atoms with Gasteiger partial charge in [-0.2, -0.15) is 0 Å². The zero-order valence-corrected chi connectivity index (χ0v) is 10.5. The van der Waals surface area contributed by atoms with Crippen molar-refractivity contribution in [3.63, 3.8) is 0 Å². The number of rotatable bonds is 12. The summed E-state index contributed by atoms with van der Waals surface area (Å²) in [6.45, 7) is 7.64. The van der Waals surface area contributed by atoms with Crippen LogP contribution < -0.4 is 0 Å². The molecular weight excluding hydrogens is 188 g/mol. The van der Waals surface area contributed by atoms with E-state index < -0.39 is 0 Å². The fourth-order valence-electron chi connectivity index (χ4n) is 1.42. The molecule has 0 aliphatic carbocycles. The Hall–Kier alpha value is -0.0800. The van der Waals surface area contributed by atoms with E-state index in [1.165, 1.54) is 38.5 Å². The highest BCUT2D eigenvalue weighted by Crippen LogP contribution is 2.06. The highest BCUT2D eigenvalue weighted by molar-refractivity contribution is 4.64. The summed E-state index contributed by atoms with van der Waals surface area (Å²) in [4.78, 5) is 0. The highest BCUT2D eigenvalue weighted by atomic mass is 16.5. The van der Waals surface area contributed by atoms with Gasteiger partial charge in [-0.3, -0.25) is 0 Å². The monoisotopic (exact) mass is 215 g/mol. The topological polar surface area (TPSA) is 18.5 Å². The van der Waals surface area contributed by atoms with Crippen LogP contribution in [0.3, 0.4) is 0 Å². The Balaban J connectivity index is 2.81. The zero-order valence-electron chi connectivity index (χ0n) is 10.5. The van der Waals surface area contributed by atoms with Crippen LogP contribution in [0.25, 0.3) is 0 Å². The molecule has 0 bridgehead atoms. The highest BCUT2D eigenvalue weighted by Gasteiger charge is 1.92. The molecule has 0 saturated heterocycles. The van der Waals surface area contributed by atoms with E-state index in [4.69, 9.17) is 9.47 Å². The minimum Gasteiger partial charge on any atom is -0.382 e. The molecule has 0 unspecified atom stereocenters. The van der Waals surface area contributed by atoms with Gasteiger partial charge in [0.15, 0.2) is 0 Å². The molecule has 0 amide bonds. The normalized spacial score (nSPS) is 10.8. The van der Waals surface area contributed by atoms with Crippen LogP contribution in [-0.4, -0.2) is 26.4 Å². The van der Waals surface area contributed by atoms with E-state index in [2.05, 4.69) is 6.42 Å². The largest absolute Gasteiger partial charge is 0.382 e. The van der Waals surface area contributed by atoms with Crippen LogP contribution in [0.4, 0.5) is 0 Å². The Morgan fingerprint density at radius 2 is 1.20 bits per heavy atom. The van der Waals surface area contributed by atoms with Gasteiger partial charge < -0.3 is 9.47 Å². The molecule has 0 rings (SSSR count). The van der Waals surface area contributed by atoms with E-state index in [0.29, 0.717) is 0 Å². The Bertz CT molecular complexity index is 92.7. The molecule has 2 nitrogen and oxygen atoms in total. The van der Waals surface area contributed by atoms with E-state index in [1.807, 2.05) is 13.8 Å². The van der Waals surface area contributed by atoms with Crippen molar-refractivity contribution >= 4 is 0 Å². The summed E-state index contributed by atoms with van der Waals surface area (Å²) in [5.74, 6) is 0. The summed E-state index contributed by atoms with van der Waals surface area (Å²) in [7, 11) is 0. The molecule has 1 radical (unpaired) electrons. The van der Waals surface area contributed by atoms with Crippen molar-refractivity contribution in [3.05, 3.63) is 6.42 Å². The fraction of sp³-hybridized carbons (Fsp3) is 0.923. The lowest BCUT2D eigenvalue weighted by Crippen LogP contribution is -1.94. The first-order chi connectivity index (χ1) is 7.41. The molecule has 0 saturated carbocycles. The fourth-order valence-corrected chi connectivity index (χ4v) is 1.42. The van der Waals surface area contributed by atoms with Gasteiger partial charge >= 0.3 is 0 Å². The van der Waals surface area contributed by atoms with Crippen LogP contribution in [0.1, 0.15) is 52.4 Å².